The van der Waals surface area contributed by atoms with Gasteiger partial charge in [-0.2, -0.15) is 5.26 Å². The fraction of sp³-hybridized carbons (Fsp3) is 0.462. The van der Waals surface area contributed by atoms with Gasteiger partial charge < -0.3 is 5.32 Å². The number of nitrogens with one attached hydrogen (secondary N) is 1. The molecule has 16 heavy (non-hydrogen) atoms. The van der Waals surface area contributed by atoms with Crippen LogP contribution in [0.5, 0.6) is 0 Å². The van der Waals surface area contributed by atoms with E-state index >= 15 is 0 Å². The van der Waals surface area contributed by atoms with Gasteiger partial charge in [0.15, 0.2) is 0 Å². The van der Waals surface area contributed by atoms with Crippen molar-refractivity contribution in [3.8, 4) is 6.07 Å². The number of hydrogen-bond acceptors (Lipinski definition) is 2. The smallest absolute Gasteiger partial charge is 0.0635 e. The van der Waals surface area contributed by atoms with E-state index in [0.29, 0.717) is 6.42 Å². The number of halogens is 1. The molecule has 0 saturated carbocycles. The SMILES string of the molecule is CC(C)(CNCCC#N)c1ccc(Cl)cc1. The highest BCUT2D eigenvalue weighted by Gasteiger charge is 2.19. The van der Waals surface area contributed by atoms with Crippen molar-refractivity contribution < 1.29 is 0 Å². The van der Waals surface area contributed by atoms with Gasteiger partial charge in [0, 0.05) is 29.9 Å². The highest BCUT2D eigenvalue weighted by atomic mass is 35.5. The standard InChI is InChI=1S/C13H17ClN2/c1-13(2,10-16-9-3-8-15)11-4-6-12(14)7-5-11/h4-7,16H,3,9-10H2,1-2H3. The van der Waals surface area contributed by atoms with Crippen LogP contribution in [0.25, 0.3) is 0 Å². The number of nitriles is 1. The predicted molar refractivity (Wildman–Crippen MR) is 67.6 cm³/mol. The molecule has 1 N–H and O–H groups in total. The van der Waals surface area contributed by atoms with Gasteiger partial charge >= 0.3 is 0 Å². The van der Waals surface area contributed by atoms with Crippen LogP contribution in [0.15, 0.2) is 24.3 Å². The van der Waals surface area contributed by atoms with Gasteiger partial charge in [-0.1, -0.05) is 37.6 Å². The largest absolute Gasteiger partial charge is 0.315 e. The zero-order valence-corrected chi connectivity index (χ0v) is 10.5. The van der Waals surface area contributed by atoms with E-state index in [1.54, 1.807) is 0 Å². The molecule has 1 aromatic rings. The molecule has 0 heterocycles. The maximum absolute atomic E-state index is 8.44. The first-order valence-corrected chi connectivity index (χ1v) is 5.78. The minimum absolute atomic E-state index is 0.0556. The quantitative estimate of drug-likeness (QED) is 0.798. The van der Waals surface area contributed by atoms with Crippen LogP contribution in [0.4, 0.5) is 0 Å². The van der Waals surface area contributed by atoms with E-state index in [-0.39, 0.29) is 5.41 Å². The van der Waals surface area contributed by atoms with Gasteiger partial charge in [-0.15, -0.1) is 0 Å². The molecule has 0 bridgehead atoms. The fourth-order valence-electron chi connectivity index (χ4n) is 1.55. The Morgan fingerprint density at radius 2 is 1.94 bits per heavy atom. The highest BCUT2D eigenvalue weighted by molar-refractivity contribution is 6.30. The maximum Gasteiger partial charge on any atom is 0.0635 e. The molecule has 3 heteroatoms. The lowest BCUT2D eigenvalue weighted by atomic mass is 9.84. The molecule has 0 unspecified atom stereocenters. The van der Waals surface area contributed by atoms with Crippen molar-refractivity contribution in [2.24, 2.45) is 0 Å². The maximum atomic E-state index is 8.44. The Morgan fingerprint density at radius 1 is 1.31 bits per heavy atom. The molecule has 86 valence electrons. The van der Waals surface area contributed by atoms with Crippen LogP contribution >= 0.6 is 11.6 Å². The van der Waals surface area contributed by atoms with Gasteiger partial charge in [0.25, 0.3) is 0 Å². The Kier molecular flexibility index (Phi) is 4.79. The number of benzene rings is 1. The molecule has 0 atom stereocenters. The van der Waals surface area contributed by atoms with E-state index in [2.05, 4.69) is 25.2 Å². The predicted octanol–water partition coefficient (Wildman–Crippen LogP) is 3.12. The second kappa shape index (κ2) is 5.89. The molecule has 1 aromatic carbocycles. The molecule has 0 aliphatic rings. The molecule has 2 nitrogen and oxygen atoms in total. The summed E-state index contributed by atoms with van der Waals surface area (Å²) in [6.45, 7) is 5.95. The van der Waals surface area contributed by atoms with E-state index in [9.17, 15) is 0 Å². The van der Waals surface area contributed by atoms with E-state index in [1.807, 2.05) is 24.3 Å². The van der Waals surface area contributed by atoms with Crippen molar-refractivity contribution in [3.63, 3.8) is 0 Å². The van der Waals surface area contributed by atoms with E-state index < -0.39 is 0 Å². The van der Waals surface area contributed by atoms with Crippen molar-refractivity contribution in [2.75, 3.05) is 13.1 Å². The van der Waals surface area contributed by atoms with Gasteiger partial charge in [0.05, 0.1) is 6.07 Å². The van der Waals surface area contributed by atoms with Gasteiger partial charge in [0.2, 0.25) is 0 Å². The molecule has 0 aliphatic heterocycles. The van der Waals surface area contributed by atoms with Gasteiger partial charge in [0.1, 0.15) is 0 Å². The topological polar surface area (TPSA) is 35.8 Å². The third-order valence-electron chi connectivity index (χ3n) is 2.61. The van der Waals surface area contributed by atoms with Crippen LogP contribution in [-0.2, 0) is 5.41 Å². The lowest BCUT2D eigenvalue weighted by Crippen LogP contribution is -2.33. The second-order valence-corrected chi connectivity index (χ2v) is 4.91. The number of hydrogen-bond donors (Lipinski definition) is 1. The summed E-state index contributed by atoms with van der Waals surface area (Å²) in [5.74, 6) is 0. The Morgan fingerprint density at radius 3 is 2.50 bits per heavy atom. The molecular formula is C13H17ClN2. The number of rotatable bonds is 5. The molecule has 0 spiro atoms. The summed E-state index contributed by atoms with van der Waals surface area (Å²) in [5.41, 5.74) is 1.31. The lowest BCUT2D eigenvalue weighted by Gasteiger charge is -2.25. The van der Waals surface area contributed by atoms with Crippen molar-refractivity contribution in [2.45, 2.75) is 25.7 Å². The molecule has 0 radical (unpaired) electrons. The molecule has 0 saturated heterocycles. The Labute approximate surface area is 102 Å². The molecule has 0 aliphatic carbocycles. The van der Waals surface area contributed by atoms with Gasteiger partial charge in [-0.25, -0.2) is 0 Å². The van der Waals surface area contributed by atoms with Gasteiger partial charge in [-0.3, -0.25) is 0 Å². The third kappa shape index (κ3) is 3.84. The van der Waals surface area contributed by atoms with Crippen LogP contribution in [0.1, 0.15) is 25.8 Å². The summed E-state index contributed by atoms with van der Waals surface area (Å²) in [7, 11) is 0. The summed E-state index contributed by atoms with van der Waals surface area (Å²) in [6.07, 6.45) is 0.552. The van der Waals surface area contributed by atoms with Crippen LogP contribution < -0.4 is 5.32 Å². The molecule has 0 amide bonds. The van der Waals surface area contributed by atoms with Crippen molar-refractivity contribution in [3.05, 3.63) is 34.9 Å². The van der Waals surface area contributed by atoms with Gasteiger partial charge in [-0.05, 0) is 17.7 Å². The molecule has 0 aromatic heterocycles. The van der Waals surface area contributed by atoms with Crippen LogP contribution in [0.2, 0.25) is 5.02 Å². The van der Waals surface area contributed by atoms with E-state index in [1.165, 1.54) is 5.56 Å². The van der Waals surface area contributed by atoms with Crippen molar-refractivity contribution >= 4 is 11.6 Å². The van der Waals surface area contributed by atoms with Crippen LogP contribution in [0.3, 0.4) is 0 Å². The van der Waals surface area contributed by atoms with Crippen LogP contribution in [-0.4, -0.2) is 13.1 Å². The van der Waals surface area contributed by atoms with E-state index in [0.717, 1.165) is 18.1 Å². The fourth-order valence-corrected chi connectivity index (χ4v) is 1.67. The third-order valence-corrected chi connectivity index (χ3v) is 2.86. The Bertz CT molecular complexity index is 363. The average Bonchev–Trinajstić information content (AvgIpc) is 2.25. The molecule has 1 rings (SSSR count). The van der Waals surface area contributed by atoms with Crippen molar-refractivity contribution in [1.29, 1.82) is 5.26 Å². The monoisotopic (exact) mass is 236 g/mol. The zero-order valence-electron chi connectivity index (χ0n) is 9.76. The number of nitrogens with zero attached hydrogens (tertiary/aromatic N) is 1. The summed E-state index contributed by atoms with van der Waals surface area (Å²) in [5, 5.41) is 12.5. The first kappa shape index (κ1) is 13.0. The Hall–Kier alpha value is -1.04. The lowest BCUT2D eigenvalue weighted by molar-refractivity contribution is 0.473. The van der Waals surface area contributed by atoms with Crippen molar-refractivity contribution in [1.82, 2.24) is 5.32 Å². The summed E-state index contributed by atoms with van der Waals surface area (Å²) in [4.78, 5) is 0. The first-order valence-electron chi connectivity index (χ1n) is 5.40. The zero-order chi connectivity index (χ0) is 12.0. The second-order valence-electron chi connectivity index (χ2n) is 4.48. The summed E-state index contributed by atoms with van der Waals surface area (Å²) in [6, 6.07) is 10.0. The molecular weight excluding hydrogens is 220 g/mol. The minimum atomic E-state index is 0.0556. The van der Waals surface area contributed by atoms with Crippen LogP contribution in [0, 0.1) is 11.3 Å². The minimum Gasteiger partial charge on any atom is -0.315 e. The normalized spacial score (nSPS) is 11.1. The summed E-state index contributed by atoms with van der Waals surface area (Å²) < 4.78 is 0. The molecule has 0 fully saturated rings. The average molecular weight is 237 g/mol. The van der Waals surface area contributed by atoms with E-state index in [4.69, 9.17) is 16.9 Å². The first-order chi connectivity index (χ1) is 7.56. The highest BCUT2D eigenvalue weighted by Crippen LogP contribution is 2.23. The summed E-state index contributed by atoms with van der Waals surface area (Å²) >= 11 is 5.86. The Balaban J connectivity index is 2.56.